The molecule has 6 nitrogen and oxygen atoms in total. The summed E-state index contributed by atoms with van der Waals surface area (Å²) in [6.07, 6.45) is -3.10. The largest absolute Gasteiger partial charge is 0.416 e. The molecule has 2 aromatic carbocycles. The number of nitrogens with one attached hydrogen (secondary N) is 2. The molecule has 4 N–H and O–H groups in total. The van der Waals surface area contributed by atoms with Crippen molar-refractivity contribution < 1.29 is 21.6 Å². The molecule has 0 bridgehead atoms. The van der Waals surface area contributed by atoms with Crippen molar-refractivity contribution >= 4 is 33.3 Å². The van der Waals surface area contributed by atoms with E-state index in [4.69, 9.17) is 17.3 Å². The van der Waals surface area contributed by atoms with Crippen molar-refractivity contribution in [3.63, 3.8) is 0 Å². The van der Waals surface area contributed by atoms with Crippen molar-refractivity contribution in [3.05, 3.63) is 59.2 Å². The smallest absolute Gasteiger partial charge is 0.369 e. The third-order valence-corrected chi connectivity index (χ3v) is 5.46. The number of aromatic nitrogens is 2. The summed E-state index contributed by atoms with van der Waals surface area (Å²) in [5.74, 6) is 0.242. The first kappa shape index (κ1) is 19.1. The van der Waals surface area contributed by atoms with E-state index in [9.17, 15) is 21.6 Å². The summed E-state index contributed by atoms with van der Waals surface area (Å²) in [6, 6.07) is 8.27. The minimum atomic E-state index is -4.62. The maximum absolute atomic E-state index is 12.7. The molecule has 11 heteroatoms. The van der Waals surface area contributed by atoms with Crippen LogP contribution in [0.25, 0.3) is 11.3 Å². The van der Waals surface area contributed by atoms with Gasteiger partial charge in [-0.15, -0.1) is 0 Å². The molecule has 0 saturated heterocycles. The Morgan fingerprint density at radius 2 is 1.78 bits per heavy atom. The fourth-order valence-corrected chi connectivity index (χ4v) is 3.91. The predicted octanol–water partition coefficient (Wildman–Crippen LogP) is 4.13. The zero-order chi connectivity index (χ0) is 19.8. The van der Waals surface area contributed by atoms with Crippen molar-refractivity contribution in [3.8, 4) is 11.3 Å². The van der Waals surface area contributed by atoms with E-state index in [-0.39, 0.29) is 11.6 Å². The Morgan fingerprint density at radius 3 is 2.30 bits per heavy atom. The van der Waals surface area contributed by atoms with Gasteiger partial charge >= 0.3 is 6.18 Å². The second-order valence-corrected chi connectivity index (χ2v) is 7.57. The maximum Gasteiger partial charge on any atom is 0.416 e. The van der Waals surface area contributed by atoms with E-state index in [0.717, 1.165) is 11.6 Å². The van der Waals surface area contributed by atoms with Gasteiger partial charge in [-0.3, -0.25) is 4.72 Å². The molecule has 0 spiro atoms. The van der Waals surface area contributed by atoms with Crippen LogP contribution >= 0.6 is 11.6 Å². The number of nitrogens with two attached hydrogens (primary N) is 1. The maximum atomic E-state index is 12.7. The number of H-pyrrole nitrogens is 1. The number of rotatable bonds is 4. The van der Waals surface area contributed by atoms with Crippen molar-refractivity contribution in [1.82, 2.24) is 9.97 Å². The number of alkyl halides is 3. The highest BCUT2D eigenvalue weighted by atomic mass is 35.5. The number of sulfonamides is 1. The Kier molecular flexibility index (Phi) is 4.79. The fourth-order valence-electron chi connectivity index (χ4n) is 2.31. The van der Waals surface area contributed by atoms with Crippen LogP contribution in [0.2, 0.25) is 5.02 Å². The van der Waals surface area contributed by atoms with Crippen molar-refractivity contribution in [2.75, 3.05) is 10.5 Å². The van der Waals surface area contributed by atoms with E-state index >= 15 is 0 Å². The molecule has 0 aliphatic heterocycles. The van der Waals surface area contributed by atoms with Gasteiger partial charge in [-0.2, -0.15) is 13.2 Å². The average molecular weight is 417 g/mol. The Bertz CT molecular complexity index is 1080. The molecule has 0 saturated carbocycles. The van der Waals surface area contributed by atoms with E-state index in [1.807, 2.05) is 0 Å². The normalized spacial score (nSPS) is 12.1. The van der Waals surface area contributed by atoms with Gasteiger partial charge in [0, 0.05) is 5.69 Å². The monoisotopic (exact) mass is 416 g/mol. The minimum Gasteiger partial charge on any atom is -0.369 e. The van der Waals surface area contributed by atoms with E-state index in [1.54, 1.807) is 12.1 Å². The van der Waals surface area contributed by atoms with Crippen LogP contribution in [0.3, 0.4) is 0 Å². The van der Waals surface area contributed by atoms with Crippen molar-refractivity contribution in [2.24, 2.45) is 0 Å². The minimum absolute atomic E-state index is 0.210. The molecule has 0 atom stereocenters. The molecule has 1 heterocycles. The molecular formula is C16H12ClF3N4O2S. The van der Waals surface area contributed by atoms with Crippen LogP contribution in [-0.2, 0) is 16.2 Å². The molecule has 1 aromatic heterocycles. The van der Waals surface area contributed by atoms with Crippen LogP contribution in [-0.4, -0.2) is 18.4 Å². The highest BCUT2D eigenvalue weighted by Crippen LogP contribution is 2.34. The number of aromatic amines is 1. The number of nitrogen functional groups attached to an aromatic ring is 1. The van der Waals surface area contributed by atoms with Crippen LogP contribution in [0.4, 0.5) is 24.8 Å². The van der Waals surface area contributed by atoms with Crippen LogP contribution < -0.4 is 10.5 Å². The summed E-state index contributed by atoms with van der Waals surface area (Å²) in [7, 11) is -4.17. The number of halogens is 4. The molecule has 0 unspecified atom stereocenters. The number of nitrogens with zero attached hydrogens (tertiary/aromatic N) is 1. The molecule has 3 aromatic rings. The summed E-state index contributed by atoms with van der Waals surface area (Å²) >= 11 is 5.75. The summed E-state index contributed by atoms with van der Waals surface area (Å²) in [5.41, 5.74) is 6.04. The lowest BCUT2D eigenvalue weighted by molar-refractivity contribution is -0.137. The quantitative estimate of drug-likeness (QED) is 0.595. The van der Waals surface area contributed by atoms with Gasteiger partial charge in [0.2, 0.25) is 0 Å². The molecule has 0 amide bonds. The second kappa shape index (κ2) is 6.78. The summed E-state index contributed by atoms with van der Waals surface area (Å²) in [5, 5.41) is -0.526. The van der Waals surface area contributed by atoms with Crippen LogP contribution in [0, 0.1) is 0 Å². The van der Waals surface area contributed by atoms with E-state index in [2.05, 4.69) is 14.7 Å². The fraction of sp³-hybridized carbons (Fsp3) is 0.0625. The zero-order valence-electron chi connectivity index (χ0n) is 13.4. The molecule has 0 aliphatic carbocycles. The number of hydrogen-bond donors (Lipinski definition) is 3. The summed E-state index contributed by atoms with van der Waals surface area (Å²) < 4.78 is 65.2. The molecule has 27 heavy (non-hydrogen) atoms. The van der Waals surface area contributed by atoms with Gasteiger partial charge in [-0.25, -0.2) is 13.4 Å². The summed E-state index contributed by atoms with van der Waals surface area (Å²) in [6.45, 7) is 0. The molecule has 0 aliphatic rings. The SMILES string of the molecule is Nc1ncc(-c2ccc(NS(=O)(=O)c3ccc(C(F)(F)F)cc3Cl)cc2)[nH]1. The van der Waals surface area contributed by atoms with Gasteiger partial charge in [-0.1, -0.05) is 23.7 Å². The predicted molar refractivity (Wildman–Crippen MR) is 95.7 cm³/mol. The third-order valence-electron chi connectivity index (χ3n) is 3.59. The van der Waals surface area contributed by atoms with Gasteiger partial charge in [0.1, 0.15) is 4.90 Å². The van der Waals surface area contributed by atoms with Gasteiger partial charge in [-0.05, 0) is 35.9 Å². The molecule has 0 fully saturated rings. The zero-order valence-corrected chi connectivity index (χ0v) is 15.0. The van der Waals surface area contributed by atoms with Crippen LogP contribution in [0.5, 0.6) is 0 Å². The lowest BCUT2D eigenvalue weighted by atomic mass is 10.1. The van der Waals surface area contributed by atoms with E-state index in [0.29, 0.717) is 17.8 Å². The third kappa shape index (κ3) is 4.17. The first-order valence-corrected chi connectivity index (χ1v) is 9.23. The Hall–Kier alpha value is -2.72. The standard InChI is InChI=1S/C16H12ClF3N4O2S/c17-12-7-10(16(18,19)20)3-6-14(12)27(25,26)24-11-4-1-9(2-5-11)13-8-22-15(21)23-13/h1-8,24H,(H3,21,22,23). The number of imidazole rings is 1. The molecule has 3 rings (SSSR count). The molecule has 142 valence electrons. The van der Waals surface area contributed by atoms with Gasteiger partial charge in [0.25, 0.3) is 10.0 Å². The molecular weight excluding hydrogens is 405 g/mol. The number of benzene rings is 2. The Morgan fingerprint density at radius 1 is 1.11 bits per heavy atom. The van der Waals surface area contributed by atoms with E-state index < -0.39 is 31.7 Å². The first-order chi connectivity index (χ1) is 12.6. The number of hydrogen-bond acceptors (Lipinski definition) is 4. The topological polar surface area (TPSA) is 101 Å². The van der Waals surface area contributed by atoms with Crippen LogP contribution in [0.1, 0.15) is 5.56 Å². The highest BCUT2D eigenvalue weighted by Gasteiger charge is 2.32. The highest BCUT2D eigenvalue weighted by molar-refractivity contribution is 7.92. The average Bonchev–Trinajstić information content (AvgIpc) is 3.00. The van der Waals surface area contributed by atoms with E-state index in [1.165, 1.54) is 18.3 Å². The van der Waals surface area contributed by atoms with Gasteiger partial charge in [0.15, 0.2) is 5.95 Å². The summed E-state index contributed by atoms with van der Waals surface area (Å²) in [4.78, 5) is 6.24. The van der Waals surface area contributed by atoms with Gasteiger partial charge in [0.05, 0.1) is 22.5 Å². The second-order valence-electron chi connectivity index (χ2n) is 5.51. The van der Waals surface area contributed by atoms with Crippen LogP contribution in [0.15, 0.2) is 53.6 Å². The first-order valence-electron chi connectivity index (χ1n) is 7.37. The molecule has 0 radical (unpaired) electrons. The van der Waals surface area contributed by atoms with Crippen molar-refractivity contribution in [2.45, 2.75) is 11.1 Å². The van der Waals surface area contributed by atoms with Crippen molar-refractivity contribution in [1.29, 1.82) is 0 Å². The Balaban J connectivity index is 1.84. The Labute approximate surface area is 157 Å². The lowest BCUT2D eigenvalue weighted by Crippen LogP contribution is -2.14. The van der Waals surface area contributed by atoms with Gasteiger partial charge < -0.3 is 10.7 Å². The number of anilines is 2. The lowest BCUT2D eigenvalue weighted by Gasteiger charge is -2.12.